The van der Waals surface area contributed by atoms with Crippen LogP contribution in [0.4, 0.5) is 5.69 Å². The SMILES string of the molecule is CCCCNC(=O)[C@@H](Cc1ccccc1)N(Cc1ccc(Cl)c(Cl)c1)C(=O)CN(c1cc(C)ccc1OC)S(=O)(=O)c1ccccc1. The van der Waals surface area contributed by atoms with Crippen molar-refractivity contribution < 1.29 is 22.7 Å². The standard InChI is InChI=1S/C36H39Cl2N3O5S/c1-4-5-20-39-36(43)33(23-27-12-8-6-9-13-27)40(24-28-17-18-30(37)31(38)22-28)35(42)25-41(32-21-26(2)16-19-34(32)46-3)47(44,45)29-14-10-7-11-15-29/h6-19,21-22,33H,4-5,20,23-25H2,1-3H3,(H,39,43)/t33-/m1/s1. The van der Waals surface area contributed by atoms with Crippen LogP contribution in [0.5, 0.6) is 5.75 Å². The van der Waals surface area contributed by atoms with Gasteiger partial charge in [0.25, 0.3) is 10.0 Å². The number of nitrogens with one attached hydrogen (secondary N) is 1. The predicted octanol–water partition coefficient (Wildman–Crippen LogP) is 7.06. The van der Waals surface area contributed by atoms with E-state index >= 15 is 0 Å². The number of anilines is 1. The van der Waals surface area contributed by atoms with Crippen molar-refractivity contribution in [1.29, 1.82) is 0 Å². The Labute approximate surface area is 287 Å². The largest absolute Gasteiger partial charge is 0.495 e. The highest BCUT2D eigenvalue weighted by molar-refractivity contribution is 7.92. The molecule has 248 valence electrons. The summed E-state index contributed by atoms with van der Waals surface area (Å²) >= 11 is 12.6. The zero-order valence-corrected chi connectivity index (χ0v) is 29.0. The summed E-state index contributed by atoms with van der Waals surface area (Å²) in [5.74, 6) is -0.663. The van der Waals surface area contributed by atoms with E-state index < -0.39 is 28.5 Å². The van der Waals surface area contributed by atoms with E-state index in [9.17, 15) is 18.0 Å². The molecule has 4 aromatic carbocycles. The first-order chi connectivity index (χ1) is 22.5. The number of sulfonamides is 1. The van der Waals surface area contributed by atoms with Gasteiger partial charge in [0.05, 0.1) is 27.7 Å². The van der Waals surface area contributed by atoms with Crippen molar-refractivity contribution in [2.45, 2.75) is 50.6 Å². The topological polar surface area (TPSA) is 96.0 Å². The summed E-state index contributed by atoms with van der Waals surface area (Å²) < 4.78 is 35.2. The van der Waals surface area contributed by atoms with Gasteiger partial charge < -0.3 is 15.0 Å². The number of hydrogen-bond donors (Lipinski definition) is 1. The molecule has 0 fully saturated rings. The van der Waals surface area contributed by atoms with Crippen molar-refractivity contribution in [3.05, 3.63) is 124 Å². The van der Waals surface area contributed by atoms with Crippen LogP contribution in [-0.2, 0) is 32.6 Å². The van der Waals surface area contributed by atoms with Gasteiger partial charge in [0.15, 0.2) is 0 Å². The number of aryl methyl sites for hydroxylation is 1. The molecule has 0 saturated heterocycles. The molecule has 2 amide bonds. The van der Waals surface area contributed by atoms with E-state index in [1.165, 1.54) is 24.1 Å². The van der Waals surface area contributed by atoms with E-state index in [0.717, 1.165) is 28.3 Å². The highest BCUT2D eigenvalue weighted by Crippen LogP contribution is 2.34. The van der Waals surface area contributed by atoms with Gasteiger partial charge >= 0.3 is 0 Å². The van der Waals surface area contributed by atoms with Crippen LogP contribution in [0.2, 0.25) is 10.0 Å². The first-order valence-corrected chi connectivity index (χ1v) is 17.5. The Morgan fingerprint density at radius 1 is 0.872 bits per heavy atom. The molecule has 1 N–H and O–H groups in total. The maximum absolute atomic E-state index is 14.7. The number of nitrogens with zero attached hydrogens (tertiary/aromatic N) is 2. The van der Waals surface area contributed by atoms with Crippen molar-refractivity contribution in [3.8, 4) is 5.75 Å². The number of rotatable bonds is 15. The summed E-state index contributed by atoms with van der Waals surface area (Å²) in [7, 11) is -2.83. The van der Waals surface area contributed by atoms with Crippen LogP contribution >= 0.6 is 23.2 Å². The zero-order chi connectivity index (χ0) is 34.0. The fourth-order valence-electron chi connectivity index (χ4n) is 5.12. The molecule has 0 bridgehead atoms. The Hall–Kier alpha value is -4.05. The lowest BCUT2D eigenvalue weighted by atomic mass is 10.0. The molecule has 0 aliphatic carbocycles. The molecule has 0 aromatic heterocycles. The molecule has 4 aromatic rings. The van der Waals surface area contributed by atoms with Gasteiger partial charge in [-0.2, -0.15) is 0 Å². The molecule has 11 heteroatoms. The van der Waals surface area contributed by atoms with E-state index in [2.05, 4.69) is 5.32 Å². The summed E-state index contributed by atoms with van der Waals surface area (Å²) in [6, 6.07) is 26.4. The van der Waals surface area contributed by atoms with Gasteiger partial charge in [0.2, 0.25) is 11.8 Å². The lowest BCUT2D eigenvalue weighted by Gasteiger charge is -2.34. The molecule has 8 nitrogen and oxygen atoms in total. The van der Waals surface area contributed by atoms with Crippen molar-refractivity contribution in [2.75, 3.05) is 24.5 Å². The Kier molecular flexibility index (Phi) is 12.7. The Morgan fingerprint density at radius 2 is 1.55 bits per heavy atom. The van der Waals surface area contributed by atoms with Gasteiger partial charge in [-0.05, 0) is 66.4 Å². The highest BCUT2D eigenvalue weighted by Gasteiger charge is 2.35. The van der Waals surface area contributed by atoms with E-state index in [1.807, 2.05) is 44.2 Å². The summed E-state index contributed by atoms with van der Waals surface area (Å²) in [6.07, 6.45) is 1.84. The van der Waals surface area contributed by atoms with Gasteiger partial charge in [-0.3, -0.25) is 13.9 Å². The van der Waals surface area contributed by atoms with E-state index in [0.29, 0.717) is 22.2 Å². The average molecular weight is 697 g/mol. The van der Waals surface area contributed by atoms with E-state index in [1.54, 1.807) is 54.6 Å². The normalized spacial score (nSPS) is 11.9. The Morgan fingerprint density at radius 3 is 2.19 bits per heavy atom. The monoisotopic (exact) mass is 695 g/mol. The second-order valence-corrected chi connectivity index (χ2v) is 13.8. The summed E-state index contributed by atoms with van der Waals surface area (Å²) in [5, 5.41) is 3.62. The van der Waals surface area contributed by atoms with Crippen LogP contribution in [-0.4, -0.2) is 51.4 Å². The van der Waals surface area contributed by atoms with Gasteiger partial charge in [-0.25, -0.2) is 8.42 Å². The van der Waals surface area contributed by atoms with Gasteiger partial charge in [-0.15, -0.1) is 0 Å². The molecule has 0 saturated carbocycles. The van der Waals surface area contributed by atoms with Gasteiger partial charge in [-0.1, -0.05) is 97.2 Å². The molecular formula is C36H39Cl2N3O5S. The first-order valence-electron chi connectivity index (χ1n) is 15.3. The van der Waals surface area contributed by atoms with Crippen molar-refractivity contribution in [3.63, 3.8) is 0 Å². The summed E-state index contributed by atoms with van der Waals surface area (Å²) in [5.41, 5.74) is 2.43. The number of carbonyl (C=O) groups is 2. The smallest absolute Gasteiger partial charge is 0.264 e. The minimum Gasteiger partial charge on any atom is -0.495 e. The molecule has 0 unspecified atom stereocenters. The van der Waals surface area contributed by atoms with Crippen LogP contribution in [0.15, 0.2) is 102 Å². The Balaban J connectivity index is 1.84. The first kappa shape index (κ1) is 35.8. The van der Waals surface area contributed by atoms with E-state index in [4.69, 9.17) is 27.9 Å². The highest BCUT2D eigenvalue weighted by atomic mass is 35.5. The number of hydrogen-bond acceptors (Lipinski definition) is 5. The van der Waals surface area contributed by atoms with Crippen molar-refractivity contribution in [2.24, 2.45) is 0 Å². The van der Waals surface area contributed by atoms with Crippen LogP contribution in [0.1, 0.15) is 36.5 Å². The molecule has 0 aliphatic heterocycles. The van der Waals surface area contributed by atoms with Crippen molar-refractivity contribution >= 4 is 50.7 Å². The number of halogens is 2. The number of methoxy groups -OCH3 is 1. The predicted molar refractivity (Wildman–Crippen MR) is 188 cm³/mol. The van der Waals surface area contributed by atoms with Crippen LogP contribution < -0.4 is 14.4 Å². The minimum absolute atomic E-state index is 0.00513. The van der Waals surface area contributed by atoms with E-state index in [-0.39, 0.29) is 35.2 Å². The molecule has 47 heavy (non-hydrogen) atoms. The summed E-state index contributed by atoms with van der Waals surface area (Å²) in [4.78, 5) is 30.0. The fraction of sp³-hybridized carbons (Fsp3) is 0.278. The maximum Gasteiger partial charge on any atom is 0.264 e. The number of benzene rings is 4. The van der Waals surface area contributed by atoms with Crippen LogP contribution in [0.25, 0.3) is 0 Å². The van der Waals surface area contributed by atoms with Crippen molar-refractivity contribution in [1.82, 2.24) is 10.2 Å². The lowest BCUT2D eigenvalue weighted by Crippen LogP contribution is -2.53. The minimum atomic E-state index is -4.27. The maximum atomic E-state index is 14.7. The lowest BCUT2D eigenvalue weighted by molar-refractivity contribution is -0.140. The van der Waals surface area contributed by atoms with Crippen LogP contribution in [0, 0.1) is 6.92 Å². The number of ether oxygens (including phenoxy) is 1. The van der Waals surface area contributed by atoms with Gasteiger partial charge in [0.1, 0.15) is 18.3 Å². The second kappa shape index (κ2) is 16.7. The third-order valence-corrected chi connectivity index (χ3v) is 10.2. The second-order valence-electron chi connectivity index (χ2n) is 11.1. The average Bonchev–Trinajstić information content (AvgIpc) is 3.07. The van der Waals surface area contributed by atoms with Gasteiger partial charge in [0, 0.05) is 19.5 Å². The molecule has 0 heterocycles. The fourth-order valence-corrected chi connectivity index (χ4v) is 6.88. The third kappa shape index (κ3) is 9.28. The molecule has 0 aliphatic rings. The number of amides is 2. The molecule has 4 rings (SSSR count). The van der Waals surface area contributed by atoms with Crippen LogP contribution in [0.3, 0.4) is 0 Å². The quantitative estimate of drug-likeness (QED) is 0.134. The molecule has 0 spiro atoms. The number of unbranched alkanes of at least 4 members (excludes halogenated alkanes) is 1. The molecular weight excluding hydrogens is 657 g/mol. The number of carbonyl (C=O) groups excluding carboxylic acids is 2. The third-order valence-electron chi connectivity index (χ3n) is 7.65. The zero-order valence-electron chi connectivity index (χ0n) is 26.7. The summed E-state index contributed by atoms with van der Waals surface area (Å²) in [6.45, 7) is 3.65. The Bertz CT molecular complexity index is 1770. The molecule has 1 atom stereocenters. The molecule has 0 radical (unpaired) electrons.